The van der Waals surface area contributed by atoms with Gasteiger partial charge in [-0.1, -0.05) is 0 Å². The summed E-state index contributed by atoms with van der Waals surface area (Å²) < 4.78 is 7.35. The molecule has 4 heteroatoms. The first kappa shape index (κ1) is 8.56. The SMILES string of the molecule is CC1CCC(Cn2cc(O)cn2)O1. The molecule has 0 spiro atoms. The van der Waals surface area contributed by atoms with E-state index in [1.165, 1.54) is 6.20 Å². The molecular formula is C9H14N2O2. The van der Waals surface area contributed by atoms with Crippen LogP contribution in [0.4, 0.5) is 0 Å². The van der Waals surface area contributed by atoms with Gasteiger partial charge in [-0.2, -0.15) is 5.10 Å². The van der Waals surface area contributed by atoms with Crippen LogP contribution in [0.5, 0.6) is 5.75 Å². The van der Waals surface area contributed by atoms with Crippen molar-refractivity contribution in [2.75, 3.05) is 0 Å². The third kappa shape index (κ3) is 2.01. The molecule has 13 heavy (non-hydrogen) atoms. The Hall–Kier alpha value is -1.03. The van der Waals surface area contributed by atoms with E-state index in [4.69, 9.17) is 9.84 Å². The van der Waals surface area contributed by atoms with Crippen molar-refractivity contribution in [3.8, 4) is 5.75 Å². The number of aromatic hydroxyl groups is 1. The highest BCUT2D eigenvalue weighted by Crippen LogP contribution is 2.20. The predicted molar refractivity (Wildman–Crippen MR) is 47.5 cm³/mol. The van der Waals surface area contributed by atoms with E-state index in [9.17, 15) is 0 Å². The molecule has 1 aromatic rings. The van der Waals surface area contributed by atoms with Crippen LogP contribution >= 0.6 is 0 Å². The molecule has 2 rings (SSSR count). The molecule has 1 aromatic heterocycles. The minimum atomic E-state index is 0.214. The molecule has 0 radical (unpaired) electrons. The molecule has 0 aromatic carbocycles. The smallest absolute Gasteiger partial charge is 0.153 e. The third-order valence-corrected chi connectivity index (χ3v) is 2.33. The summed E-state index contributed by atoms with van der Waals surface area (Å²) in [7, 11) is 0. The van der Waals surface area contributed by atoms with Crippen molar-refractivity contribution in [3.05, 3.63) is 12.4 Å². The molecule has 1 N–H and O–H groups in total. The van der Waals surface area contributed by atoms with Gasteiger partial charge in [-0.3, -0.25) is 4.68 Å². The first-order valence-corrected chi connectivity index (χ1v) is 4.61. The molecule has 1 aliphatic heterocycles. The Morgan fingerprint density at radius 1 is 1.69 bits per heavy atom. The molecule has 0 aliphatic carbocycles. The van der Waals surface area contributed by atoms with Crippen LogP contribution in [0.1, 0.15) is 19.8 Å². The lowest BCUT2D eigenvalue weighted by Gasteiger charge is -2.10. The second-order valence-corrected chi connectivity index (χ2v) is 3.57. The topological polar surface area (TPSA) is 47.3 Å². The highest BCUT2D eigenvalue weighted by Gasteiger charge is 2.22. The van der Waals surface area contributed by atoms with Crippen LogP contribution in [-0.4, -0.2) is 27.1 Å². The number of ether oxygens (including phenoxy) is 1. The monoisotopic (exact) mass is 182 g/mol. The summed E-state index contributed by atoms with van der Waals surface area (Å²) in [6.07, 6.45) is 5.90. The summed E-state index contributed by atoms with van der Waals surface area (Å²) in [5.74, 6) is 0.214. The summed E-state index contributed by atoms with van der Waals surface area (Å²) in [6, 6.07) is 0. The number of hydrogen-bond acceptors (Lipinski definition) is 3. The van der Waals surface area contributed by atoms with E-state index >= 15 is 0 Å². The Labute approximate surface area is 77.1 Å². The molecule has 2 heterocycles. The van der Waals surface area contributed by atoms with E-state index in [-0.39, 0.29) is 11.9 Å². The van der Waals surface area contributed by atoms with Gasteiger partial charge in [-0.15, -0.1) is 0 Å². The van der Waals surface area contributed by atoms with Crippen LogP contribution in [0.3, 0.4) is 0 Å². The van der Waals surface area contributed by atoms with E-state index in [1.807, 2.05) is 0 Å². The van der Waals surface area contributed by atoms with Crippen LogP contribution < -0.4 is 0 Å². The first-order chi connectivity index (χ1) is 6.24. The van der Waals surface area contributed by atoms with Gasteiger partial charge >= 0.3 is 0 Å². The van der Waals surface area contributed by atoms with Crippen LogP contribution in [0.15, 0.2) is 12.4 Å². The summed E-state index contributed by atoms with van der Waals surface area (Å²) in [4.78, 5) is 0. The number of aromatic nitrogens is 2. The molecule has 0 saturated carbocycles. The van der Waals surface area contributed by atoms with Crippen LogP contribution in [-0.2, 0) is 11.3 Å². The molecule has 4 nitrogen and oxygen atoms in total. The van der Waals surface area contributed by atoms with Crippen LogP contribution in [0, 0.1) is 0 Å². The van der Waals surface area contributed by atoms with Gasteiger partial charge in [0.1, 0.15) is 0 Å². The maximum absolute atomic E-state index is 9.05. The van der Waals surface area contributed by atoms with Crippen molar-refractivity contribution in [1.29, 1.82) is 0 Å². The molecule has 1 saturated heterocycles. The van der Waals surface area contributed by atoms with Gasteiger partial charge < -0.3 is 9.84 Å². The lowest BCUT2D eigenvalue weighted by molar-refractivity contribution is 0.0437. The average molecular weight is 182 g/mol. The molecule has 2 atom stereocenters. The highest BCUT2D eigenvalue weighted by molar-refractivity contribution is 5.08. The second-order valence-electron chi connectivity index (χ2n) is 3.57. The quantitative estimate of drug-likeness (QED) is 0.746. The molecule has 1 fully saturated rings. The Bertz CT molecular complexity index is 285. The minimum absolute atomic E-state index is 0.214. The van der Waals surface area contributed by atoms with E-state index in [0.29, 0.717) is 6.10 Å². The van der Waals surface area contributed by atoms with E-state index in [2.05, 4.69) is 12.0 Å². The number of nitrogens with zero attached hydrogens (tertiary/aromatic N) is 2. The Morgan fingerprint density at radius 3 is 3.08 bits per heavy atom. The largest absolute Gasteiger partial charge is 0.505 e. The van der Waals surface area contributed by atoms with Gasteiger partial charge in [0.25, 0.3) is 0 Å². The third-order valence-electron chi connectivity index (χ3n) is 2.33. The van der Waals surface area contributed by atoms with Crippen molar-refractivity contribution in [2.24, 2.45) is 0 Å². The van der Waals surface area contributed by atoms with Gasteiger partial charge in [0.15, 0.2) is 5.75 Å². The van der Waals surface area contributed by atoms with Crippen molar-refractivity contribution >= 4 is 0 Å². The van der Waals surface area contributed by atoms with Gasteiger partial charge in [0, 0.05) is 0 Å². The van der Waals surface area contributed by atoms with Gasteiger partial charge in [-0.05, 0) is 19.8 Å². The lowest BCUT2D eigenvalue weighted by Crippen LogP contribution is -2.16. The zero-order valence-electron chi connectivity index (χ0n) is 7.68. The minimum Gasteiger partial charge on any atom is -0.505 e. The van der Waals surface area contributed by atoms with E-state index in [1.54, 1.807) is 10.9 Å². The summed E-state index contributed by atoms with van der Waals surface area (Å²) in [5, 5.41) is 13.0. The van der Waals surface area contributed by atoms with E-state index in [0.717, 1.165) is 19.4 Å². The predicted octanol–water partition coefficient (Wildman–Crippen LogP) is 1.16. The molecular weight excluding hydrogens is 168 g/mol. The Kier molecular flexibility index (Phi) is 2.22. The number of hydrogen-bond donors (Lipinski definition) is 1. The highest BCUT2D eigenvalue weighted by atomic mass is 16.5. The zero-order valence-corrected chi connectivity index (χ0v) is 7.68. The number of rotatable bonds is 2. The van der Waals surface area contributed by atoms with Crippen LogP contribution in [0.25, 0.3) is 0 Å². The molecule has 0 amide bonds. The summed E-state index contributed by atoms with van der Waals surface area (Å²) in [6.45, 7) is 2.82. The van der Waals surface area contributed by atoms with Gasteiger partial charge in [0.05, 0.1) is 31.1 Å². The lowest BCUT2D eigenvalue weighted by atomic mass is 10.2. The van der Waals surface area contributed by atoms with Gasteiger partial charge in [-0.25, -0.2) is 0 Å². The zero-order chi connectivity index (χ0) is 9.26. The second kappa shape index (κ2) is 3.38. The molecule has 2 unspecified atom stereocenters. The standard InChI is InChI=1S/C9H14N2O2/c1-7-2-3-9(13-7)6-11-5-8(12)4-10-11/h4-5,7,9,12H,2-3,6H2,1H3. The van der Waals surface area contributed by atoms with Gasteiger partial charge in [0.2, 0.25) is 0 Å². The molecule has 1 aliphatic rings. The van der Waals surface area contributed by atoms with Crippen molar-refractivity contribution < 1.29 is 9.84 Å². The fraction of sp³-hybridized carbons (Fsp3) is 0.667. The fourth-order valence-electron chi connectivity index (χ4n) is 1.68. The maximum Gasteiger partial charge on any atom is 0.153 e. The molecule has 0 bridgehead atoms. The molecule has 72 valence electrons. The van der Waals surface area contributed by atoms with Crippen molar-refractivity contribution in [2.45, 2.75) is 38.5 Å². The first-order valence-electron chi connectivity index (χ1n) is 4.61. The average Bonchev–Trinajstić information content (AvgIpc) is 2.62. The normalized spacial score (nSPS) is 28.1. The van der Waals surface area contributed by atoms with E-state index < -0.39 is 0 Å². The summed E-state index contributed by atoms with van der Waals surface area (Å²) in [5.41, 5.74) is 0. The van der Waals surface area contributed by atoms with Crippen LogP contribution in [0.2, 0.25) is 0 Å². The Morgan fingerprint density at radius 2 is 2.54 bits per heavy atom. The van der Waals surface area contributed by atoms with Crippen molar-refractivity contribution in [1.82, 2.24) is 9.78 Å². The Balaban J connectivity index is 1.91. The fourth-order valence-corrected chi connectivity index (χ4v) is 1.68. The maximum atomic E-state index is 9.05. The summed E-state index contributed by atoms with van der Waals surface area (Å²) >= 11 is 0. The van der Waals surface area contributed by atoms with Crippen molar-refractivity contribution in [3.63, 3.8) is 0 Å².